The van der Waals surface area contributed by atoms with Crippen molar-refractivity contribution in [3.8, 4) is 17.6 Å². The Morgan fingerprint density at radius 1 is 1.15 bits per heavy atom. The zero-order valence-corrected chi connectivity index (χ0v) is 18.2. The molecule has 0 spiro atoms. The average Bonchev–Trinajstić information content (AvgIpc) is 2.82. The highest BCUT2D eigenvalue weighted by atomic mass is 35.5. The van der Waals surface area contributed by atoms with Crippen LogP contribution in [-0.4, -0.2) is 24.5 Å². The first-order valence-electron chi connectivity index (χ1n) is 9.63. The molecule has 0 aliphatic heterocycles. The van der Waals surface area contributed by atoms with Gasteiger partial charge in [-0.3, -0.25) is 14.9 Å². The molecule has 0 atom stereocenters. The molecule has 0 aliphatic carbocycles. The van der Waals surface area contributed by atoms with Crippen molar-refractivity contribution < 1.29 is 19.2 Å². The number of hydrogen-bond donors (Lipinski definition) is 1. The van der Waals surface area contributed by atoms with Crippen molar-refractivity contribution in [2.75, 3.05) is 19.0 Å². The van der Waals surface area contributed by atoms with Gasteiger partial charge < -0.3 is 14.8 Å². The van der Waals surface area contributed by atoms with Gasteiger partial charge in [0.05, 0.1) is 29.4 Å². The normalized spacial score (nSPS) is 10.8. The molecule has 0 heterocycles. The fourth-order valence-corrected chi connectivity index (χ4v) is 3.12. The van der Waals surface area contributed by atoms with Crippen molar-refractivity contribution in [2.24, 2.45) is 0 Å². The third kappa shape index (κ3) is 6.09. The summed E-state index contributed by atoms with van der Waals surface area (Å²) in [6.07, 6.45) is 1.54. The predicted octanol–water partition coefficient (Wildman–Crippen LogP) is 5.34. The summed E-state index contributed by atoms with van der Waals surface area (Å²) < 4.78 is 10.9. The number of nitrogens with one attached hydrogen (secondary N) is 1. The van der Waals surface area contributed by atoms with Gasteiger partial charge in [0.15, 0.2) is 6.61 Å². The number of nitro groups is 1. The van der Waals surface area contributed by atoms with Crippen molar-refractivity contribution in [2.45, 2.75) is 0 Å². The lowest BCUT2D eigenvalue weighted by Crippen LogP contribution is -2.20. The molecule has 9 heteroatoms. The van der Waals surface area contributed by atoms with Crippen LogP contribution in [0.15, 0.2) is 66.7 Å². The van der Waals surface area contributed by atoms with E-state index >= 15 is 0 Å². The number of benzene rings is 3. The van der Waals surface area contributed by atoms with Gasteiger partial charge in [0, 0.05) is 22.7 Å². The number of non-ortho nitro benzene ring substituents is 1. The monoisotopic (exact) mass is 463 g/mol. The SMILES string of the molecule is COc1ccccc1NC(=O)COc1ccc(Cl)cc1/C=C(\C#N)c1ccc([N+](=O)[O-])cc1. The minimum Gasteiger partial charge on any atom is -0.495 e. The van der Waals surface area contributed by atoms with Crippen LogP contribution in [0, 0.1) is 21.4 Å². The third-order valence-corrected chi connectivity index (χ3v) is 4.76. The van der Waals surface area contributed by atoms with E-state index in [4.69, 9.17) is 21.1 Å². The number of allylic oxidation sites excluding steroid dienone is 1. The number of rotatable bonds is 8. The lowest BCUT2D eigenvalue weighted by Gasteiger charge is -2.12. The Labute approximate surface area is 194 Å². The quantitative estimate of drug-likeness (QED) is 0.209. The largest absolute Gasteiger partial charge is 0.495 e. The molecule has 0 bridgehead atoms. The first-order valence-corrected chi connectivity index (χ1v) is 10.0. The number of methoxy groups -OCH3 is 1. The molecule has 33 heavy (non-hydrogen) atoms. The Bertz CT molecular complexity index is 1250. The molecule has 3 aromatic rings. The second-order valence-corrected chi connectivity index (χ2v) is 7.13. The van der Waals surface area contributed by atoms with Gasteiger partial charge in [-0.15, -0.1) is 0 Å². The molecule has 0 saturated carbocycles. The Balaban J connectivity index is 1.80. The highest BCUT2D eigenvalue weighted by molar-refractivity contribution is 6.30. The Kier molecular flexibility index (Phi) is 7.63. The highest BCUT2D eigenvalue weighted by Crippen LogP contribution is 2.29. The van der Waals surface area contributed by atoms with Gasteiger partial charge in [-0.1, -0.05) is 23.7 Å². The fraction of sp³-hybridized carbons (Fsp3) is 0.0833. The predicted molar refractivity (Wildman–Crippen MR) is 125 cm³/mol. The van der Waals surface area contributed by atoms with Crippen LogP contribution in [0.2, 0.25) is 5.02 Å². The standard InChI is InChI=1S/C24H18ClN3O5/c1-32-23-5-3-2-4-21(23)27-24(29)15-33-22-11-8-19(25)13-17(22)12-18(14-26)16-6-9-20(10-7-16)28(30)31/h2-13H,15H2,1H3,(H,27,29)/b18-12+. The van der Waals surface area contributed by atoms with E-state index in [1.54, 1.807) is 48.5 Å². The van der Waals surface area contributed by atoms with Crippen LogP contribution in [0.25, 0.3) is 11.6 Å². The number of halogens is 1. The smallest absolute Gasteiger partial charge is 0.269 e. The summed E-state index contributed by atoms with van der Waals surface area (Å²) in [6.45, 7) is -0.292. The Morgan fingerprint density at radius 2 is 1.88 bits per heavy atom. The zero-order valence-electron chi connectivity index (χ0n) is 17.4. The minimum atomic E-state index is -0.515. The maximum atomic E-state index is 12.4. The van der Waals surface area contributed by atoms with Gasteiger partial charge in [0.25, 0.3) is 11.6 Å². The number of carbonyl (C=O) groups excluding carboxylic acids is 1. The van der Waals surface area contributed by atoms with Crippen LogP contribution < -0.4 is 14.8 Å². The summed E-state index contributed by atoms with van der Waals surface area (Å²) in [5.41, 5.74) is 1.64. The second kappa shape index (κ2) is 10.8. The van der Waals surface area contributed by atoms with E-state index in [0.717, 1.165) is 0 Å². The molecule has 1 amide bonds. The van der Waals surface area contributed by atoms with Gasteiger partial charge in [0.2, 0.25) is 0 Å². The van der Waals surface area contributed by atoms with Gasteiger partial charge in [0.1, 0.15) is 11.5 Å². The number of nitrogens with zero attached hydrogens (tertiary/aromatic N) is 2. The van der Waals surface area contributed by atoms with Crippen molar-refractivity contribution in [3.63, 3.8) is 0 Å². The summed E-state index contributed by atoms with van der Waals surface area (Å²) in [5.74, 6) is 0.451. The lowest BCUT2D eigenvalue weighted by molar-refractivity contribution is -0.384. The molecule has 8 nitrogen and oxygen atoms in total. The van der Waals surface area contributed by atoms with E-state index in [-0.39, 0.29) is 17.9 Å². The Hall–Kier alpha value is -4.35. The summed E-state index contributed by atoms with van der Waals surface area (Å²) in [7, 11) is 1.51. The minimum absolute atomic E-state index is 0.0797. The molecule has 0 saturated heterocycles. The van der Waals surface area contributed by atoms with Gasteiger partial charge in [-0.2, -0.15) is 5.26 Å². The number of para-hydroxylation sites is 2. The van der Waals surface area contributed by atoms with Crippen LogP contribution >= 0.6 is 11.6 Å². The van der Waals surface area contributed by atoms with Crippen LogP contribution in [0.3, 0.4) is 0 Å². The number of nitro benzene ring substituents is 1. The zero-order chi connectivity index (χ0) is 23.8. The van der Waals surface area contributed by atoms with Crippen molar-refractivity contribution in [1.29, 1.82) is 5.26 Å². The van der Waals surface area contributed by atoms with Crippen LogP contribution in [0.4, 0.5) is 11.4 Å². The van der Waals surface area contributed by atoms with Gasteiger partial charge in [-0.25, -0.2) is 0 Å². The van der Waals surface area contributed by atoms with E-state index < -0.39 is 10.8 Å². The third-order valence-electron chi connectivity index (χ3n) is 4.52. The number of anilines is 1. The van der Waals surface area contributed by atoms with Crippen molar-refractivity contribution in [1.82, 2.24) is 0 Å². The molecule has 0 radical (unpaired) electrons. The summed E-state index contributed by atoms with van der Waals surface area (Å²) >= 11 is 6.11. The molecular weight excluding hydrogens is 446 g/mol. The number of hydrogen-bond acceptors (Lipinski definition) is 6. The average molecular weight is 464 g/mol. The lowest BCUT2D eigenvalue weighted by atomic mass is 10.0. The molecule has 0 aromatic heterocycles. The second-order valence-electron chi connectivity index (χ2n) is 6.69. The molecule has 0 unspecified atom stereocenters. The summed E-state index contributed by atoms with van der Waals surface area (Å²) in [6, 6.07) is 19.4. The first kappa shape index (κ1) is 23.3. The molecule has 0 aliphatic rings. The summed E-state index contributed by atoms with van der Waals surface area (Å²) in [4.78, 5) is 22.7. The van der Waals surface area contributed by atoms with E-state index in [1.807, 2.05) is 0 Å². The molecule has 166 valence electrons. The van der Waals surface area contributed by atoms with E-state index in [1.165, 1.54) is 31.4 Å². The van der Waals surface area contributed by atoms with Crippen LogP contribution in [0.5, 0.6) is 11.5 Å². The van der Waals surface area contributed by atoms with Crippen LogP contribution in [0.1, 0.15) is 11.1 Å². The summed E-state index contributed by atoms with van der Waals surface area (Å²) in [5, 5.41) is 23.6. The number of nitriles is 1. The van der Waals surface area contributed by atoms with E-state index in [0.29, 0.717) is 33.3 Å². The molecule has 3 aromatic carbocycles. The maximum absolute atomic E-state index is 12.4. The molecule has 1 N–H and O–H groups in total. The van der Waals surface area contributed by atoms with Crippen LogP contribution in [-0.2, 0) is 4.79 Å². The van der Waals surface area contributed by atoms with Gasteiger partial charge in [-0.05, 0) is 54.1 Å². The van der Waals surface area contributed by atoms with Gasteiger partial charge >= 0.3 is 0 Å². The fourth-order valence-electron chi connectivity index (χ4n) is 2.94. The van der Waals surface area contributed by atoms with E-state index in [2.05, 4.69) is 11.4 Å². The highest BCUT2D eigenvalue weighted by Gasteiger charge is 2.12. The topological polar surface area (TPSA) is 114 Å². The first-order chi connectivity index (χ1) is 15.9. The van der Waals surface area contributed by atoms with Crippen molar-refractivity contribution >= 4 is 40.5 Å². The van der Waals surface area contributed by atoms with Crippen molar-refractivity contribution in [3.05, 3.63) is 93.0 Å². The number of amides is 1. The molecule has 3 rings (SSSR count). The molecule has 0 fully saturated rings. The maximum Gasteiger partial charge on any atom is 0.269 e. The Morgan fingerprint density at radius 3 is 2.55 bits per heavy atom. The molecular formula is C24H18ClN3O5. The number of carbonyl (C=O) groups is 1. The van der Waals surface area contributed by atoms with E-state index in [9.17, 15) is 20.2 Å². The number of ether oxygens (including phenoxy) is 2.